The average Bonchev–Trinajstić information content (AvgIpc) is 3.07. The second kappa shape index (κ2) is 15.0. The lowest BCUT2D eigenvalue weighted by molar-refractivity contribution is 0.0378. The van der Waals surface area contributed by atoms with Crippen molar-refractivity contribution in [3.63, 3.8) is 0 Å². The fraction of sp³-hybridized carbons (Fsp3) is 0.324. The van der Waals surface area contributed by atoms with Crippen LogP contribution in [0.4, 0.5) is 21.8 Å². The van der Waals surface area contributed by atoms with E-state index in [1.807, 2.05) is 51.1 Å². The van der Waals surface area contributed by atoms with E-state index in [-0.39, 0.29) is 28.6 Å². The molecule has 4 aromatic rings. The maximum Gasteiger partial charge on any atom is 0.255 e. The van der Waals surface area contributed by atoms with Gasteiger partial charge in [-0.15, -0.1) is 0 Å². The second-order valence-electron chi connectivity index (χ2n) is 13.1. The smallest absolute Gasteiger partial charge is 0.255 e. The topological polar surface area (TPSA) is 154 Å². The van der Waals surface area contributed by atoms with Gasteiger partial charge in [-0.25, -0.2) is 19.3 Å². The molecule has 1 aliphatic rings. The number of nitrogens with two attached hydrogens (primary N) is 1. The van der Waals surface area contributed by atoms with Gasteiger partial charge in [-0.1, -0.05) is 36.4 Å². The molecule has 3 heterocycles. The number of ether oxygens (including phenoxy) is 1. The van der Waals surface area contributed by atoms with Crippen molar-refractivity contribution in [1.82, 2.24) is 25.6 Å². The molecule has 1 saturated heterocycles. The number of nitrogens with one attached hydrogen (secondary N) is 3. The highest BCUT2D eigenvalue weighted by Crippen LogP contribution is 2.27. The van der Waals surface area contributed by atoms with Crippen LogP contribution in [0.3, 0.4) is 0 Å². The van der Waals surface area contributed by atoms with Gasteiger partial charge in [0, 0.05) is 37.4 Å². The number of nitriles is 1. The zero-order chi connectivity index (χ0) is 35.1. The molecule has 1 fully saturated rings. The first kappa shape index (κ1) is 34.6. The summed E-state index contributed by atoms with van der Waals surface area (Å²) >= 11 is 0. The van der Waals surface area contributed by atoms with Gasteiger partial charge >= 0.3 is 0 Å². The van der Waals surface area contributed by atoms with Crippen molar-refractivity contribution in [1.29, 1.82) is 5.26 Å². The fourth-order valence-electron chi connectivity index (χ4n) is 5.60. The molecule has 254 valence electrons. The van der Waals surface area contributed by atoms with Crippen LogP contribution in [-0.4, -0.2) is 45.6 Å². The van der Waals surface area contributed by atoms with Crippen LogP contribution in [-0.2, 0) is 11.3 Å². The van der Waals surface area contributed by atoms with Crippen LogP contribution in [0, 0.1) is 17.1 Å². The zero-order valence-electron chi connectivity index (χ0n) is 28.3. The van der Waals surface area contributed by atoms with E-state index in [0.717, 1.165) is 36.1 Å². The number of rotatable bonds is 11. The predicted molar refractivity (Wildman–Crippen MR) is 189 cm³/mol. The standard InChI is InChI=1S/C37H42FN9O2/c1-23(27-12-14-29(38)15-13-27)44-36(48)31-17-26(18-39)20-43-34(31)42-19-25-8-10-28(11-9-25)32-21-41-33(40)35(46-32)47-16-6-7-30(22-47)45-24(2)49-37(3,4)5/h8-15,17,20-21,23,30,45H,2,6-7,16,19,22H2,1,3-5H3,(H2,40,41)(H,42,43)(H,44,48)/t23-,30+/m0/s1. The SMILES string of the molecule is C=C(N[C@@H]1CCCN(c2nc(-c3ccc(CNc4ncc(C#N)cc4C(=O)N[C@@H](C)c4ccc(F)cc4)cc3)cnc2N)C1)OC(C)(C)C. The number of pyridine rings is 1. The van der Waals surface area contributed by atoms with E-state index < -0.39 is 11.9 Å². The Morgan fingerprint density at radius 3 is 2.59 bits per heavy atom. The summed E-state index contributed by atoms with van der Waals surface area (Å²) in [6.07, 6.45) is 5.02. The Hall–Kier alpha value is -5.70. The average molecular weight is 664 g/mol. The van der Waals surface area contributed by atoms with Gasteiger partial charge in [0.05, 0.1) is 29.1 Å². The van der Waals surface area contributed by atoms with Gasteiger partial charge in [-0.3, -0.25) is 4.79 Å². The van der Waals surface area contributed by atoms with Crippen molar-refractivity contribution in [2.24, 2.45) is 0 Å². The summed E-state index contributed by atoms with van der Waals surface area (Å²) in [5, 5.41) is 19.0. The summed E-state index contributed by atoms with van der Waals surface area (Å²) in [5.41, 5.74) is 9.72. The molecule has 11 nitrogen and oxygen atoms in total. The highest BCUT2D eigenvalue weighted by atomic mass is 19.1. The summed E-state index contributed by atoms with van der Waals surface area (Å²) in [6, 6.07) is 17.0. The van der Waals surface area contributed by atoms with E-state index >= 15 is 0 Å². The number of aromatic nitrogens is 3. The van der Waals surface area contributed by atoms with Crippen LogP contribution in [0.1, 0.15) is 73.6 Å². The largest absolute Gasteiger partial charge is 0.474 e. The van der Waals surface area contributed by atoms with E-state index in [4.69, 9.17) is 15.5 Å². The number of hydrogen-bond acceptors (Lipinski definition) is 10. The van der Waals surface area contributed by atoms with Crippen molar-refractivity contribution in [2.45, 2.75) is 64.8 Å². The van der Waals surface area contributed by atoms with Crippen LogP contribution in [0.2, 0.25) is 0 Å². The lowest BCUT2D eigenvalue weighted by Gasteiger charge is -2.36. The number of benzene rings is 2. The van der Waals surface area contributed by atoms with Gasteiger partial charge in [-0.2, -0.15) is 5.26 Å². The van der Waals surface area contributed by atoms with Gasteiger partial charge in [-0.05, 0) is 76.4 Å². The second-order valence-corrected chi connectivity index (χ2v) is 13.1. The minimum Gasteiger partial charge on any atom is -0.474 e. The van der Waals surface area contributed by atoms with Gasteiger partial charge in [0.15, 0.2) is 17.5 Å². The van der Waals surface area contributed by atoms with E-state index in [1.54, 1.807) is 25.3 Å². The highest BCUT2D eigenvalue weighted by Gasteiger charge is 2.25. The Kier molecular flexibility index (Phi) is 10.6. The normalized spacial score (nSPS) is 15.1. The number of nitrogens with zero attached hydrogens (tertiary/aromatic N) is 5. The lowest BCUT2D eigenvalue weighted by Crippen LogP contribution is -2.46. The van der Waals surface area contributed by atoms with Crippen molar-refractivity contribution in [3.05, 3.63) is 108 Å². The van der Waals surface area contributed by atoms with E-state index in [0.29, 0.717) is 42.1 Å². The first-order valence-electron chi connectivity index (χ1n) is 16.2. The molecule has 2 atom stereocenters. The summed E-state index contributed by atoms with van der Waals surface area (Å²) in [5.74, 6) is 1.14. The molecule has 0 radical (unpaired) electrons. The van der Waals surface area contributed by atoms with Crippen LogP contribution >= 0.6 is 0 Å². The number of piperidine rings is 1. The summed E-state index contributed by atoms with van der Waals surface area (Å²) < 4.78 is 19.2. The van der Waals surface area contributed by atoms with E-state index in [9.17, 15) is 14.4 Å². The quantitative estimate of drug-likeness (QED) is 0.139. The molecule has 5 rings (SSSR count). The Labute approximate surface area is 286 Å². The third kappa shape index (κ3) is 9.22. The minimum atomic E-state index is -0.406. The number of anilines is 3. The molecule has 2 aromatic heterocycles. The van der Waals surface area contributed by atoms with Crippen molar-refractivity contribution in [3.8, 4) is 17.3 Å². The Bertz CT molecular complexity index is 1830. The number of carbonyl (C=O) groups is 1. The maximum absolute atomic E-state index is 13.4. The molecule has 1 aliphatic heterocycles. The zero-order valence-corrected chi connectivity index (χ0v) is 28.3. The highest BCUT2D eigenvalue weighted by molar-refractivity contribution is 5.99. The monoisotopic (exact) mass is 663 g/mol. The first-order chi connectivity index (χ1) is 23.4. The first-order valence-corrected chi connectivity index (χ1v) is 16.2. The molecular weight excluding hydrogens is 621 g/mol. The number of carbonyl (C=O) groups excluding carboxylic acids is 1. The molecule has 49 heavy (non-hydrogen) atoms. The van der Waals surface area contributed by atoms with Crippen LogP contribution in [0.5, 0.6) is 0 Å². The van der Waals surface area contributed by atoms with Gasteiger partial charge in [0.2, 0.25) is 0 Å². The molecule has 12 heteroatoms. The van der Waals surface area contributed by atoms with E-state index in [2.05, 4.69) is 37.4 Å². The molecule has 0 aliphatic carbocycles. The Morgan fingerprint density at radius 2 is 1.90 bits per heavy atom. The third-order valence-corrected chi connectivity index (χ3v) is 7.99. The maximum atomic E-state index is 13.4. The third-order valence-electron chi connectivity index (χ3n) is 7.99. The minimum absolute atomic E-state index is 0.135. The molecule has 0 spiro atoms. The summed E-state index contributed by atoms with van der Waals surface area (Å²) in [4.78, 5) is 29.1. The number of amides is 1. The van der Waals surface area contributed by atoms with Crippen molar-refractivity contribution < 1.29 is 13.9 Å². The predicted octanol–water partition coefficient (Wildman–Crippen LogP) is 6.08. The van der Waals surface area contributed by atoms with Crippen molar-refractivity contribution >= 4 is 23.4 Å². The molecule has 2 aromatic carbocycles. The Balaban J connectivity index is 1.25. The number of halogens is 1. The summed E-state index contributed by atoms with van der Waals surface area (Å²) in [7, 11) is 0. The van der Waals surface area contributed by atoms with E-state index in [1.165, 1.54) is 24.4 Å². The molecule has 0 saturated carbocycles. The van der Waals surface area contributed by atoms with Crippen molar-refractivity contribution in [2.75, 3.05) is 29.0 Å². The molecule has 0 unspecified atom stereocenters. The van der Waals surface area contributed by atoms with Gasteiger partial charge < -0.3 is 31.3 Å². The molecule has 0 bridgehead atoms. The number of hydrogen-bond donors (Lipinski definition) is 4. The number of nitrogen functional groups attached to an aromatic ring is 1. The molecular formula is C37H42FN9O2. The molecule has 5 N–H and O–H groups in total. The fourth-order valence-corrected chi connectivity index (χ4v) is 5.60. The van der Waals surface area contributed by atoms with Crippen LogP contribution in [0.15, 0.2) is 79.5 Å². The van der Waals surface area contributed by atoms with Gasteiger partial charge in [0.25, 0.3) is 5.91 Å². The van der Waals surface area contributed by atoms with Gasteiger partial charge in [0.1, 0.15) is 23.3 Å². The summed E-state index contributed by atoms with van der Waals surface area (Å²) in [6.45, 7) is 13.7. The van der Waals surface area contributed by atoms with Crippen LogP contribution < -0.4 is 26.6 Å². The molecule has 1 amide bonds. The van der Waals surface area contributed by atoms with Crippen LogP contribution in [0.25, 0.3) is 11.3 Å². The Morgan fingerprint density at radius 1 is 1.16 bits per heavy atom. The lowest BCUT2D eigenvalue weighted by atomic mass is 10.1.